The summed E-state index contributed by atoms with van der Waals surface area (Å²) < 4.78 is 35.9. The van der Waals surface area contributed by atoms with Gasteiger partial charge < -0.3 is 14.4 Å². The molecule has 2 heterocycles. The van der Waals surface area contributed by atoms with Gasteiger partial charge in [0.15, 0.2) is 21.6 Å². The number of benzene rings is 3. The summed E-state index contributed by atoms with van der Waals surface area (Å²) in [5.41, 5.74) is 0.757. The van der Waals surface area contributed by atoms with Crippen LogP contribution in [0.1, 0.15) is 0 Å². The summed E-state index contributed by atoms with van der Waals surface area (Å²) in [7, 11) is -3.15. The Morgan fingerprint density at radius 3 is 2.18 bits per heavy atom. The molecule has 2 atom stereocenters. The van der Waals surface area contributed by atoms with Crippen molar-refractivity contribution in [2.24, 2.45) is 4.99 Å². The topological polar surface area (TPSA) is 85.3 Å². The number of sulfone groups is 1. The molecule has 34 heavy (non-hydrogen) atoms. The number of nitrogens with zero attached hydrogens (tertiary/aromatic N) is 2. The van der Waals surface area contributed by atoms with Crippen LogP contribution in [0, 0.1) is 0 Å². The quantitative estimate of drug-likeness (QED) is 0.509. The number of amides is 1. The van der Waals surface area contributed by atoms with Crippen molar-refractivity contribution in [3.63, 3.8) is 0 Å². The Morgan fingerprint density at radius 2 is 1.50 bits per heavy atom. The first-order valence-electron chi connectivity index (χ1n) is 10.8. The highest BCUT2D eigenvalue weighted by molar-refractivity contribution is 8.16. The lowest BCUT2D eigenvalue weighted by Crippen LogP contribution is -2.37. The summed E-state index contributed by atoms with van der Waals surface area (Å²) in [6.45, 7) is -0.195. The van der Waals surface area contributed by atoms with E-state index in [4.69, 9.17) is 9.47 Å². The first-order valence-corrected chi connectivity index (χ1v) is 13.5. The Bertz CT molecular complexity index is 1300. The SMILES string of the molecule is O=C(COc1ccccc1)N=C1S[C@@H]2CS(=O)(=O)C[C@@H]2N1c1ccc(Oc2ccccc2)cc1. The maximum Gasteiger partial charge on any atom is 0.285 e. The zero-order chi connectivity index (χ0) is 23.5. The van der Waals surface area contributed by atoms with Crippen molar-refractivity contribution >= 4 is 38.4 Å². The normalized spacial score (nSPS) is 21.9. The summed E-state index contributed by atoms with van der Waals surface area (Å²) in [5.74, 6) is 1.64. The molecule has 2 saturated heterocycles. The third-order valence-corrected chi connectivity index (χ3v) is 8.70. The van der Waals surface area contributed by atoms with Crippen LogP contribution in [0.4, 0.5) is 5.69 Å². The van der Waals surface area contributed by atoms with E-state index < -0.39 is 15.7 Å². The molecule has 0 aromatic heterocycles. The number of carbonyl (C=O) groups is 1. The van der Waals surface area contributed by atoms with E-state index in [2.05, 4.69) is 4.99 Å². The Kier molecular flexibility index (Phi) is 6.30. The molecule has 9 heteroatoms. The van der Waals surface area contributed by atoms with Crippen molar-refractivity contribution < 1.29 is 22.7 Å². The van der Waals surface area contributed by atoms with E-state index in [-0.39, 0.29) is 29.4 Å². The molecule has 1 amide bonds. The van der Waals surface area contributed by atoms with Crippen LogP contribution in [0.25, 0.3) is 0 Å². The smallest absolute Gasteiger partial charge is 0.285 e. The van der Waals surface area contributed by atoms with Gasteiger partial charge in [-0.1, -0.05) is 48.2 Å². The second-order valence-corrected chi connectivity index (χ2v) is 11.3. The molecule has 3 aromatic rings. The first kappa shape index (κ1) is 22.5. The van der Waals surface area contributed by atoms with Gasteiger partial charge in [0.2, 0.25) is 0 Å². The average Bonchev–Trinajstić information content (AvgIpc) is 3.30. The molecule has 7 nitrogen and oxygen atoms in total. The number of fused-ring (bicyclic) bond motifs is 1. The molecular formula is C25H22N2O5S2. The van der Waals surface area contributed by atoms with Gasteiger partial charge in [0.25, 0.3) is 5.91 Å². The molecule has 0 aliphatic carbocycles. The van der Waals surface area contributed by atoms with E-state index in [1.807, 2.05) is 77.7 Å². The van der Waals surface area contributed by atoms with Gasteiger partial charge in [-0.15, -0.1) is 0 Å². The second kappa shape index (κ2) is 9.52. The Labute approximate surface area is 202 Å². The maximum absolute atomic E-state index is 12.6. The van der Waals surface area contributed by atoms with E-state index >= 15 is 0 Å². The lowest BCUT2D eigenvalue weighted by molar-refractivity contribution is -0.119. The monoisotopic (exact) mass is 494 g/mol. The van der Waals surface area contributed by atoms with Crippen LogP contribution in [0.15, 0.2) is 89.9 Å². The fourth-order valence-corrected chi connectivity index (χ4v) is 7.90. The van der Waals surface area contributed by atoms with Gasteiger partial charge in [-0.25, -0.2) is 8.42 Å². The van der Waals surface area contributed by atoms with Crippen molar-refractivity contribution in [2.45, 2.75) is 11.3 Å². The van der Waals surface area contributed by atoms with Crippen LogP contribution in [0.3, 0.4) is 0 Å². The van der Waals surface area contributed by atoms with Crippen molar-refractivity contribution in [3.05, 3.63) is 84.9 Å². The van der Waals surface area contributed by atoms with Crippen molar-refractivity contribution in [2.75, 3.05) is 23.0 Å². The number of amidine groups is 1. The summed E-state index contributed by atoms with van der Waals surface area (Å²) >= 11 is 1.33. The minimum absolute atomic E-state index is 0.0284. The number of ether oxygens (including phenoxy) is 2. The molecule has 0 unspecified atom stereocenters. The number of aliphatic imine (C=N–C) groups is 1. The van der Waals surface area contributed by atoms with Gasteiger partial charge in [-0.2, -0.15) is 4.99 Å². The van der Waals surface area contributed by atoms with Crippen molar-refractivity contribution in [3.8, 4) is 17.2 Å². The molecule has 2 fully saturated rings. The largest absolute Gasteiger partial charge is 0.484 e. The Hall–Kier alpha value is -3.30. The van der Waals surface area contributed by atoms with Gasteiger partial charge in [0.1, 0.15) is 17.2 Å². The highest BCUT2D eigenvalue weighted by Gasteiger charge is 2.49. The van der Waals surface area contributed by atoms with Gasteiger partial charge in [0.05, 0.1) is 17.5 Å². The van der Waals surface area contributed by atoms with E-state index in [1.54, 1.807) is 12.1 Å². The van der Waals surface area contributed by atoms with E-state index in [1.165, 1.54) is 11.8 Å². The summed E-state index contributed by atoms with van der Waals surface area (Å²) in [6.07, 6.45) is 0. The summed E-state index contributed by atoms with van der Waals surface area (Å²) in [5, 5.41) is 0.315. The van der Waals surface area contributed by atoms with Gasteiger partial charge in [-0.05, 0) is 48.5 Å². The van der Waals surface area contributed by atoms with Crippen LogP contribution >= 0.6 is 11.8 Å². The van der Waals surface area contributed by atoms with Crippen LogP contribution in [-0.4, -0.2) is 48.9 Å². The van der Waals surface area contributed by atoms with Gasteiger partial charge in [-0.3, -0.25) is 4.79 Å². The fraction of sp³-hybridized carbons (Fsp3) is 0.200. The molecule has 174 valence electrons. The van der Waals surface area contributed by atoms with Gasteiger partial charge >= 0.3 is 0 Å². The Balaban J connectivity index is 1.36. The highest BCUT2D eigenvalue weighted by atomic mass is 32.2. The zero-order valence-electron chi connectivity index (χ0n) is 18.1. The predicted octanol–water partition coefficient (Wildman–Crippen LogP) is 4.16. The van der Waals surface area contributed by atoms with Gasteiger partial charge in [0, 0.05) is 10.9 Å². The third-order valence-electron chi connectivity index (χ3n) is 5.49. The fourth-order valence-electron chi connectivity index (χ4n) is 3.97. The van der Waals surface area contributed by atoms with Crippen LogP contribution in [0.2, 0.25) is 0 Å². The third kappa shape index (κ3) is 5.10. The first-order chi connectivity index (χ1) is 16.5. The molecule has 0 radical (unpaired) electrons. The second-order valence-electron chi connectivity index (χ2n) is 7.97. The molecule has 3 aromatic carbocycles. The maximum atomic E-state index is 12.6. The van der Waals surface area contributed by atoms with Crippen molar-refractivity contribution in [1.82, 2.24) is 0 Å². The zero-order valence-corrected chi connectivity index (χ0v) is 19.7. The van der Waals surface area contributed by atoms with Crippen molar-refractivity contribution in [1.29, 1.82) is 0 Å². The van der Waals surface area contributed by atoms with Crippen LogP contribution in [-0.2, 0) is 14.6 Å². The molecular weight excluding hydrogens is 472 g/mol. The number of hydrogen-bond acceptors (Lipinski definition) is 6. The molecule has 5 rings (SSSR count). The number of thioether (sulfide) groups is 1. The molecule has 0 saturated carbocycles. The van der Waals surface area contributed by atoms with E-state index in [9.17, 15) is 13.2 Å². The summed E-state index contributed by atoms with van der Waals surface area (Å²) in [6, 6.07) is 25.6. The standard InChI is InChI=1S/C25H22N2O5S2/c28-24(15-31-19-7-3-1-4-8-19)26-25-27(22-16-34(29,30)17-23(22)33-25)18-11-13-21(14-12-18)32-20-9-5-2-6-10-20/h1-14,22-23H,15-17H2/t22-,23+/m0/s1. The molecule has 2 aliphatic heterocycles. The lowest BCUT2D eigenvalue weighted by atomic mass is 10.2. The number of carbonyl (C=O) groups excluding carboxylic acids is 1. The summed E-state index contributed by atoms with van der Waals surface area (Å²) in [4.78, 5) is 18.7. The number of rotatable bonds is 6. The minimum Gasteiger partial charge on any atom is -0.484 e. The number of hydrogen-bond donors (Lipinski definition) is 0. The van der Waals surface area contributed by atoms with Crippen LogP contribution < -0.4 is 14.4 Å². The van der Waals surface area contributed by atoms with E-state index in [0.29, 0.717) is 16.7 Å². The minimum atomic E-state index is -3.15. The van der Waals surface area contributed by atoms with Crippen LogP contribution in [0.5, 0.6) is 17.2 Å². The average molecular weight is 495 g/mol. The lowest BCUT2D eigenvalue weighted by Gasteiger charge is -2.24. The predicted molar refractivity (Wildman–Crippen MR) is 134 cm³/mol. The number of para-hydroxylation sites is 2. The Morgan fingerprint density at radius 1 is 0.882 bits per heavy atom. The molecule has 0 spiro atoms. The molecule has 2 aliphatic rings. The highest BCUT2D eigenvalue weighted by Crippen LogP contribution is 2.41. The molecule has 0 N–H and O–H groups in total. The van der Waals surface area contributed by atoms with E-state index in [0.717, 1.165) is 11.4 Å². The molecule has 0 bridgehead atoms. The number of anilines is 1.